The van der Waals surface area contributed by atoms with Crippen molar-refractivity contribution in [3.63, 3.8) is 0 Å². The maximum Gasteiger partial charge on any atom is 0.416 e. The van der Waals surface area contributed by atoms with Crippen molar-refractivity contribution in [3.8, 4) is 11.5 Å². The Balaban J connectivity index is 1.75. The summed E-state index contributed by atoms with van der Waals surface area (Å²) < 4.78 is 49.9. The molecule has 30 heavy (non-hydrogen) atoms. The lowest BCUT2D eigenvalue weighted by molar-refractivity contribution is -0.137. The molecule has 0 atom stereocenters. The van der Waals surface area contributed by atoms with Gasteiger partial charge in [-0.05, 0) is 24.3 Å². The fourth-order valence-electron chi connectivity index (χ4n) is 2.86. The molecule has 0 spiro atoms. The highest BCUT2D eigenvalue weighted by Crippen LogP contribution is 2.31. The molecule has 0 saturated heterocycles. The van der Waals surface area contributed by atoms with Crippen molar-refractivity contribution in [2.75, 3.05) is 19.5 Å². The molecule has 0 fully saturated rings. The number of aryl methyl sites for hydroxylation is 1. The van der Waals surface area contributed by atoms with E-state index in [2.05, 4.69) is 10.3 Å². The summed E-state index contributed by atoms with van der Waals surface area (Å²) in [6, 6.07) is 7.40. The summed E-state index contributed by atoms with van der Waals surface area (Å²) in [5, 5.41) is 2.69. The van der Waals surface area contributed by atoms with Crippen LogP contribution >= 0.6 is 0 Å². The molecule has 7 nitrogen and oxygen atoms in total. The summed E-state index contributed by atoms with van der Waals surface area (Å²) in [6.45, 7) is 0.000906. The number of carbonyl (C=O) groups excluding carboxylic acids is 1. The zero-order chi connectivity index (χ0) is 21.9. The van der Waals surface area contributed by atoms with Crippen molar-refractivity contribution >= 4 is 22.5 Å². The predicted octanol–water partition coefficient (Wildman–Crippen LogP) is 3.46. The minimum Gasteiger partial charge on any atom is -0.493 e. The number of ether oxygens (including phenoxy) is 2. The Morgan fingerprint density at radius 1 is 1.13 bits per heavy atom. The SMILES string of the molecule is COc1cc2ncn(CCC(=O)Nc3cccc(C(F)(F)F)c3)c(=O)c2cc1OC. The van der Waals surface area contributed by atoms with Crippen LogP contribution in [-0.4, -0.2) is 29.7 Å². The number of carbonyl (C=O) groups is 1. The molecule has 1 aromatic heterocycles. The number of hydrogen-bond acceptors (Lipinski definition) is 5. The quantitative estimate of drug-likeness (QED) is 0.659. The molecule has 10 heteroatoms. The number of nitrogens with one attached hydrogen (secondary N) is 1. The zero-order valence-corrected chi connectivity index (χ0v) is 16.1. The van der Waals surface area contributed by atoms with Gasteiger partial charge in [0.05, 0.1) is 37.0 Å². The molecule has 1 heterocycles. The third kappa shape index (κ3) is 4.53. The smallest absolute Gasteiger partial charge is 0.416 e. The summed E-state index contributed by atoms with van der Waals surface area (Å²) in [5.74, 6) is 0.257. The Morgan fingerprint density at radius 2 is 1.83 bits per heavy atom. The van der Waals surface area contributed by atoms with Crippen LogP contribution in [0.25, 0.3) is 10.9 Å². The van der Waals surface area contributed by atoms with E-state index in [1.54, 1.807) is 6.07 Å². The van der Waals surface area contributed by atoms with Gasteiger partial charge in [-0.25, -0.2) is 4.98 Å². The molecular formula is C20H18F3N3O4. The molecule has 0 aliphatic rings. The van der Waals surface area contributed by atoms with Crippen LogP contribution in [0.15, 0.2) is 47.5 Å². The number of benzene rings is 2. The Labute approximate surface area is 169 Å². The van der Waals surface area contributed by atoms with E-state index in [9.17, 15) is 22.8 Å². The Morgan fingerprint density at radius 3 is 2.50 bits per heavy atom. The van der Waals surface area contributed by atoms with Crippen molar-refractivity contribution in [1.29, 1.82) is 0 Å². The van der Waals surface area contributed by atoms with E-state index in [1.165, 1.54) is 43.3 Å². The summed E-state index contributed by atoms with van der Waals surface area (Å²) in [4.78, 5) is 29.0. The van der Waals surface area contributed by atoms with Crippen LogP contribution in [0.4, 0.5) is 18.9 Å². The molecule has 0 bridgehead atoms. The van der Waals surface area contributed by atoms with Gasteiger partial charge in [-0.3, -0.25) is 14.2 Å². The van der Waals surface area contributed by atoms with E-state index < -0.39 is 17.6 Å². The lowest BCUT2D eigenvalue weighted by Gasteiger charge is -2.11. The maximum absolute atomic E-state index is 12.8. The van der Waals surface area contributed by atoms with Gasteiger partial charge < -0.3 is 14.8 Å². The van der Waals surface area contributed by atoms with E-state index in [0.29, 0.717) is 17.0 Å². The molecule has 1 N–H and O–H groups in total. The van der Waals surface area contributed by atoms with Gasteiger partial charge in [0, 0.05) is 24.7 Å². The zero-order valence-electron chi connectivity index (χ0n) is 16.1. The Hall–Kier alpha value is -3.56. The molecule has 3 aromatic rings. The lowest BCUT2D eigenvalue weighted by Crippen LogP contribution is -2.23. The van der Waals surface area contributed by atoms with Crippen molar-refractivity contribution < 1.29 is 27.4 Å². The number of alkyl halides is 3. The van der Waals surface area contributed by atoms with Crippen LogP contribution in [0.3, 0.4) is 0 Å². The van der Waals surface area contributed by atoms with Crippen LogP contribution in [-0.2, 0) is 17.5 Å². The van der Waals surface area contributed by atoms with Gasteiger partial charge >= 0.3 is 6.18 Å². The van der Waals surface area contributed by atoms with Gasteiger partial charge in [-0.15, -0.1) is 0 Å². The second-order valence-corrected chi connectivity index (χ2v) is 6.34. The first-order valence-corrected chi connectivity index (χ1v) is 8.81. The van der Waals surface area contributed by atoms with Crippen molar-refractivity contribution in [2.45, 2.75) is 19.1 Å². The van der Waals surface area contributed by atoms with Gasteiger partial charge in [0.1, 0.15) is 0 Å². The average molecular weight is 421 g/mol. The maximum atomic E-state index is 12.8. The summed E-state index contributed by atoms with van der Waals surface area (Å²) in [5.41, 5.74) is -0.814. The second kappa shape index (κ2) is 8.44. The number of hydrogen-bond donors (Lipinski definition) is 1. The van der Waals surface area contributed by atoms with Crippen molar-refractivity contribution in [3.05, 3.63) is 58.6 Å². The minimum absolute atomic E-state index is 0.000906. The third-order valence-corrected chi connectivity index (χ3v) is 4.38. The highest BCUT2D eigenvalue weighted by atomic mass is 19.4. The first-order valence-electron chi connectivity index (χ1n) is 8.81. The predicted molar refractivity (Wildman–Crippen MR) is 104 cm³/mol. The number of rotatable bonds is 6. The second-order valence-electron chi connectivity index (χ2n) is 6.34. The number of halogens is 3. The fraction of sp³-hybridized carbons (Fsp3) is 0.250. The summed E-state index contributed by atoms with van der Waals surface area (Å²) in [6.07, 6.45) is -3.33. The fourth-order valence-corrected chi connectivity index (χ4v) is 2.86. The Bertz CT molecular complexity index is 1140. The molecule has 158 valence electrons. The normalized spacial score (nSPS) is 11.4. The topological polar surface area (TPSA) is 82.5 Å². The molecule has 1 amide bonds. The number of methoxy groups -OCH3 is 2. The lowest BCUT2D eigenvalue weighted by atomic mass is 10.2. The monoisotopic (exact) mass is 421 g/mol. The summed E-state index contributed by atoms with van der Waals surface area (Å²) >= 11 is 0. The van der Waals surface area contributed by atoms with Gasteiger partial charge in [0.15, 0.2) is 11.5 Å². The van der Waals surface area contributed by atoms with Crippen LogP contribution in [0.5, 0.6) is 11.5 Å². The summed E-state index contributed by atoms with van der Waals surface area (Å²) in [7, 11) is 2.91. The largest absolute Gasteiger partial charge is 0.493 e. The van der Waals surface area contributed by atoms with Crippen molar-refractivity contribution in [1.82, 2.24) is 9.55 Å². The standard InChI is InChI=1S/C20H18F3N3O4/c1-29-16-9-14-15(10-17(16)30-2)24-11-26(19(14)28)7-6-18(27)25-13-5-3-4-12(8-13)20(21,22)23/h3-5,8-11H,6-7H2,1-2H3,(H,25,27). The van der Waals surface area contributed by atoms with E-state index >= 15 is 0 Å². The first-order chi connectivity index (χ1) is 14.2. The van der Waals surface area contributed by atoms with Crippen LogP contribution in [0, 0.1) is 0 Å². The van der Waals surface area contributed by atoms with Crippen LogP contribution in [0.1, 0.15) is 12.0 Å². The van der Waals surface area contributed by atoms with E-state index in [-0.39, 0.29) is 29.6 Å². The number of amides is 1. The molecule has 0 aliphatic carbocycles. The van der Waals surface area contributed by atoms with E-state index in [0.717, 1.165) is 12.1 Å². The van der Waals surface area contributed by atoms with E-state index in [4.69, 9.17) is 9.47 Å². The third-order valence-electron chi connectivity index (χ3n) is 4.38. The average Bonchev–Trinajstić information content (AvgIpc) is 2.72. The molecule has 3 rings (SSSR count). The van der Waals surface area contributed by atoms with Crippen LogP contribution in [0.2, 0.25) is 0 Å². The van der Waals surface area contributed by atoms with Gasteiger partial charge in [-0.2, -0.15) is 13.2 Å². The molecule has 0 radical (unpaired) electrons. The number of fused-ring (bicyclic) bond motifs is 1. The molecule has 0 unspecified atom stereocenters. The molecule has 2 aromatic carbocycles. The first kappa shape index (κ1) is 21.2. The molecule has 0 aliphatic heterocycles. The minimum atomic E-state index is -4.51. The van der Waals surface area contributed by atoms with Gasteiger partial charge in [0.25, 0.3) is 5.56 Å². The highest BCUT2D eigenvalue weighted by molar-refractivity contribution is 5.90. The molecule has 0 saturated carbocycles. The number of nitrogens with zero attached hydrogens (tertiary/aromatic N) is 2. The Kier molecular flexibility index (Phi) is 5.95. The highest BCUT2D eigenvalue weighted by Gasteiger charge is 2.30. The molecular weight excluding hydrogens is 403 g/mol. The van der Waals surface area contributed by atoms with Crippen molar-refractivity contribution in [2.24, 2.45) is 0 Å². The van der Waals surface area contributed by atoms with Crippen LogP contribution < -0.4 is 20.3 Å². The van der Waals surface area contributed by atoms with Gasteiger partial charge in [-0.1, -0.05) is 6.07 Å². The number of anilines is 1. The van der Waals surface area contributed by atoms with Gasteiger partial charge in [0.2, 0.25) is 5.91 Å². The number of aromatic nitrogens is 2. The van der Waals surface area contributed by atoms with E-state index in [1.807, 2.05) is 0 Å².